The zero-order valence-corrected chi connectivity index (χ0v) is 9.79. The fourth-order valence-electron chi connectivity index (χ4n) is 1.35. The molecule has 0 aliphatic carbocycles. The number of carbonyl (C=O) groups is 3. The Balaban J connectivity index is 2.67. The molecule has 0 bridgehead atoms. The summed E-state index contributed by atoms with van der Waals surface area (Å²) in [5, 5.41) is 11.2. The Labute approximate surface area is 103 Å². The van der Waals surface area contributed by atoms with Crippen LogP contribution in [0.3, 0.4) is 0 Å². The highest BCUT2D eigenvalue weighted by atomic mass is 16.4. The molecule has 0 aromatic carbocycles. The number of primary amides is 1. The second-order valence-corrected chi connectivity index (χ2v) is 3.76. The Morgan fingerprint density at radius 2 is 2.22 bits per heavy atom. The Morgan fingerprint density at radius 3 is 2.67 bits per heavy atom. The van der Waals surface area contributed by atoms with Crippen molar-refractivity contribution in [2.75, 3.05) is 0 Å². The molecule has 4 N–H and O–H groups in total. The Bertz CT molecular complexity index is 468. The number of rotatable bonds is 6. The molecule has 1 rings (SSSR count). The summed E-state index contributed by atoms with van der Waals surface area (Å²) in [5.41, 5.74) is 5.17. The number of aliphatic carboxylic acids is 1. The summed E-state index contributed by atoms with van der Waals surface area (Å²) in [4.78, 5) is 37.0. The first-order valence-corrected chi connectivity index (χ1v) is 5.20. The molecule has 0 aliphatic rings. The zero-order valence-electron chi connectivity index (χ0n) is 9.79. The van der Waals surface area contributed by atoms with Crippen molar-refractivity contribution in [2.24, 2.45) is 12.8 Å². The van der Waals surface area contributed by atoms with Crippen molar-refractivity contribution >= 4 is 17.8 Å². The van der Waals surface area contributed by atoms with Gasteiger partial charge in [-0.2, -0.15) is 0 Å². The molecular weight excluding hydrogens is 240 g/mol. The van der Waals surface area contributed by atoms with E-state index in [1.807, 2.05) is 0 Å². The largest absolute Gasteiger partial charge is 0.480 e. The van der Waals surface area contributed by atoms with Gasteiger partial charge in [0.1, 0.15) is 11.7 Å². The molecule has 0 unspecified atom stereocenters. The van der Waals surface area contributed by atoms with Gasteiger partial charge in [0, 0.05) is 13.5 Å². The molecule has 0 radical (unpaired) electrons. The maximum atomic E-state index is 11.7. The first-order valence-electron chi connectivity index (χ1n) is 5.20. The Morgan fingerprint density at radius 1 is 1.56 bits per heavy atom. The van der Waals surface area contributed by atoms with E-state index in [-0.39, 0.29) is 18.5 Å². The maximum absolute atomic E-state index is 11.7. The summed E-state index contributed by atoms with van der Waals surface area (Å²) in [6.45, 7) is 0. The van der Waals surface area contributed by atoms with Crippen LogP contribution in [0.1, 0.15) is 23.3 Å². The molecule has 1 aromatic heterocycles. The standard InChI is InChI=1S/C10H14N4O4/c1-14-5-12-4-7(14)9(16)13-6(10(17)18)2-3-8(11)15/h4-6H,2-3H2,1H3,(H2,11,15)(H,13,16)(H,17,18)/t6-/m0/s1. The first-order chi connectivity index (χ1) is 8.41. The number of hydrogen-bond donors (Lipinski definition) is 3. The fraction of sp³-hybridized carbons (Fsp3) is 0.400. The molecule has 2 amide bonds. The lowest BCUT2D eigenvalue weighted by Gasteiger charge is -2.13. The van der Waals surface area contributed by atoms with E-state index in [2.05, 4.69) is 10.3 Å². The number of carbonyl (C=O) groups excluding carboxylic acids is 2. The van der Waals surface area contributed by atoms with Gasteiger partial charge in [0.25, 0.3) is 5.91 Å². The van der Waals surface area contributed by atoms with Crippen molar-refractivity contribution in [3.8, 4) is 0 Å². The van der Waals surface area contributed by atoms with Gasteiger partial charge in [0.05, 0.1) is 12.5 Å². The second kappa shape index (κ2) is 5.80. The van der Waals surface area contributed by atoms with E-state index in [1.54, 1.807) is 7.05 Å². The van der Waals surface area contributed by atoms with Crippen molar-refractivity contribution in [3.63, 3.8) is 0 Å². The van der Waals surface area contributed by atoms with Gasteiger partial charge < -0.3 is 20.7 Å². The van der Waals surface area contributed by atoms with Gasteiger partial charge in [-0.15, -0.1) is 0 Å². The van der Waals surface area contributed by atoms with Gasteiger partial charge in [-0.1, -0.05) is 0 Å². The smallest absolute Gasteiger partial charge is 0.326 e. The molecule has 1 heterocycles. The molecule has 0 spiro atoms. The summed E-state index contributed by atoms with van der Waals surface area (Å²) >= 11 is 0. The number of imidazole rings is 1. The van der Waals surface area contributed by atoms with Crippen LogP contribution in [0.2, 0.25) is 0 Å². The van der Waals surface area contributed by atoms with E-state index in [9.17, 15) is 14.4 Å². The number of carboxylic acids is 1. The van der Waals surface area contributed by atoms with Gasteiger partial charge in [-0.3, -0.25) is 9.59 Å². The van der Waals surface area contributed by atoms with Crippen LogP contribution in [0, 0.1) is 0 Å². The minimum atomic E-state index is -1.22. The quantitative estimate of drug-likeness (QED) is 0.591. The molecule has 98 valence electrons. The van der Waals surface area contributed by atoms with Crippen molar-refractivity contribution in [3.05, 3.63) is 18.2 Å². The van der Waals surface area contributed by atoms with E-state index >= 15 is 0 Å². The SMILES string of the molecule is Cn1cncc1C(=O)N[C@@H](CCC(N)=O)C(=O)O. The van der Waals surface area contributed by atoms with Gasteiger partial charge in [-0.05, 0) is 6.42 Å². The summed E-state index contributed by atoms with van der Waals surface area (Å²) in [5.74, 6) is -2.39. The van der Waals surface area contributed by atoms with Crippen molar-refractivity contribution in [1.29, 1.82) is 0 Å². The van der Waals surface area contributed by atoms with E-state index < -0.39 is 23.8 Å². The van der Waals surface area contributed by atoms with E-state index in [1.165, 1.54) is 17.1 Å². The van der Waals surface area contributed by atoms with Crippen LogP contribution in [0.5, 0.6) is 0 Å². The molecule has 8 nitrogen and oxygen atoms in total. The highest BCUT2D eigenvalue weighted by Gasteiger charge is 2.22. The average molecular weight is 254 g/mol. The summed E-state index contributed by atoms with van der Waals surface area (Å²) < 4.78 is 1.46. The van der Waals surface area contributed by atoms with E-state index in [4.69, 9.17) is 10.8 Å². The monoisotopic (exact) mass is 254 g/mol. The van der Waals surface area contributed by atoms with E-state index in [0.29, 0.717) is 0 Å². The summed E-state index contributed by atoms with van der Waals surface area (Å²) in [6, 6.07) is -1.15. The van der Waals surface area contributed by atoms with E-state index in [0.717, 1.165) is 0 Å². The van der Waals surface area contributed by atoms with Gasteiger partial charge >= 0.3 is 5.97 Å². The Kier molecular flexibility index (Phi) is 4.41. The highest BCUT2D eigenvalue weighted by molar-refractivity contribution is 5.95. The van der Waals surface area contributed by atoms with Crippen LogP contribution in [0.15, 0.2) is 12.5 Å². The number of amides is 2. The van der Waals surface area contributed by atoms with Gasteiger partial charge in [0.15, 0.2) is 0 Å². The first kappa shape index (κ1) is 13.7. The highest BCUT2D eigenvalue weighted by Crippen LogP contribution is 2.01. The fourth-order valence-corrected chi connectivity index (χ4v) is 1.35. The number of nitrogens with one attached hydrogen (secondary N) is 1. The predicted octanol–water partition coefficient (Wildman–Crippen LogP) is -1.13. The molecule has 8 heteroatoms. The third kappa shape index (κ3) is 3.58. The zero-order chi connectivity index (χ0) is 13.7. The third-order valence-electron chi connectivity index (χ3n) is 2.33. The molecule has 0 aliphatic heterocycles. The maximum Gasteiger partial charge on any atom is 0.326 e. The van der Waals surface area contributed by atoms with Gasteiger partial charge in [-0.25, -0.2) is 9.78 Å². The predicted molar refractivity (Wildman–Crippen MR) is 60.5 cm³/mol. The Hall–Kier alpha value is -2.38. The number of nitrogens with two attached hydrogens (primary N) is 1. The average Bonchev–Trinajstić information content (AvgIpc) is 2.69. The van der Waals surface area contributed by atoms with Crippen LogP contribution < -0.4 is 11.1 Å². The minimum Gasteiger partial charge on any atom is -0.480 e. The second-order valence-electron chi connectivity index (χ2n) is 3.76. The molecule has 18 heavy (non-hydrogen) atoms. The van der Waals surface area contributed by atoms with Crippen molar-refractivity contribution in [2.45, 2.75) is 18.9 Å². The van der Waals surface area contributed by atoms with Crippen LogP contribution in [-0.4, -0.2) is 38.5 Å². The normalized spacial score (nSPS) is 11.8. The lowest BCUT2D eigenvalue weighted by Crippen LogP contribution is -2.41. The summed E-state index contributed by atoms with van der Waals surface area (Å²) in [6.07, 6.45) is 2.59. The number of aromatic nitrogens is 2. The minimum absolute atomic E-state index is 0.0474. The van der Waals surface area contributed by atoms with Crippen LogP contribution in [-0.2, 0) is 16.6 Å². The third-order valence-corrected chi connectivity index (χ3v) is 2.33. The molecule has 1 aromatic rings. The van der Waals surface area contributed by atoms with Crippen LogP contribution in [0.4, 0.5) is 0 Å². The number of nitrogens with zero attached hydrogens (tertiary/aromatic N) is 2. The summed E-state index contributed by atoms with van der Waals surface area (Å²) in [7, 11) is 1.61. The van der Waals surface area contributed by atoms with Crippen LogP contribution >= 0.6 is 0 Å². The lowest BCUT2D eigenvalue weighted by atomic mass is 10.1. The topological polar surface area (TPSA) is 127 Å². The van der Waals surface area contributed by atoms with Crippen molar-refractivity contribution in [1.82, 2.24) is 14.9 Å². The van der Waals surface area contributed by atoms with Crippen molar-refractivity contribution < 1.29 is 19.5 Å². The number of hydrogen-bond acceptors (Lipinski definition) is 4. The molecule has 0 fully saturated rings. The van der Waals surface area contributed by atoms with Crippen LogP contribution in [0.25, 0.3) is 0 Å². The lowest BCUT2D eigenvalue weighted by molar-refractivity contribution is -0.139. The molecular formula is C10H14N4O4. The molecule has 0 saturated heterocycles. The number of carboxylic acid groups (broad SMARTS) is 1. The number of aryl methyl sites for hydroxylation is 1. The van der Waals surface area contributed by atoms with Gasteiger partial charge in [0.2, 0.25) is 5.91 Å². The molecule has 1 atom stereocenters. The molecule has 0 saturated carbocycles.